The summed E-state index contributed by atoms with van der Waals surface area (Å²) in [5, 5.41) is 1.93. The molecule has 1 fully saturated rings. The van der Waals surface area contributed by atoms with Gasteiger partial charge in [0.05, 0.1) is 0 Å². The monoisotopic (exact) mass is 277 g/mol. The fourth-order valence-electron chi connectivity index (χ4n) is 2.45. The fraction of sp³-hybridized carbons (Fsp3) is 0.533. The molecule has 5 nitrogen and oxygen atoms in total. The second kappa shape index (κ2) is 7.87. The van der Waals surface area contributed by atoms with Crippen LogP contribution in [-0.4, -0.2) is 30.7 Å². The highest BCUT2D eigenvalue weighted by Gasteiger charge is 2.20. The molecule has 0 spiro atoms. The van der Waals surface area contributed by atoms with Gasteiger partial charge in [-0.2, -0.15) is 0 Å². The highest BCUT2D eigenvalue weighted by atomic mass is 16.6. The van der Waals surface area contributed by atoms with Gasteiger partial charge in [0, 0.05) is 13.1 Å². The Morgan fingerprint density at radius 1 is 1.30 bits per heavy atom. The van der Waals surface area contributed by atoms with Gasteiger partial charge in [0.1, 0.15) is 6.61 Å². The smallest absolute Gasteiger partial charge is 0.422 e. The summed E-state index contributed by atoms with van der Waals surface area (Å²) in [7, 11) is 0. The van der Waals surface area contributed by atoms with Crippen molar-refractivity contribution in [2.24, 2.45) is 11.7 Å². The third kappa shape index (κ3) is 4.83. The summed E-state index contributed by atoms with van der Waals surface area (Å²) >= 11 is 0. The maximum absolute atomic E-state index is 11.7. The Hall–Kier alpha value is -1.59. The van der Waals surface area contributed by atoms with Gasteiger partial charge >= 0.3 is 6.09 Å². The molecule has 0 bridgehead atoms. The summed E-state index contributed by atoms with van der Waals surface area (Å²) < 4.78 is 5.19. The van der Waals surface area contributed by atoms with E-state index in [0.717, 1.165) is 44.5 Å². The average molecular weight is 277 g/mol. The lowest BCUT2D eigenvalue weighted by Gasteiger charge is -2.31. The van der Waals surface area contributed by atoms with Gasteiger partial charge in [-0.05, 0) is 37.3 Å². The molecule has 3 N–H and O–H groups in total. The Bertz CT molecular complexity index is 403. The molecule has 1 aromatic rings. The van der Waals surface area contributed by atoms with Crippen LogP contribution in [0.4, 0.5) is 4.79 Å². The number of hydrogen-bond donors (Lipinski definition) is 2. The van der Waals surface area contributed by atoms with Gasteiger partial charge in [-0.25, -0.2) is 9.80 Å². The van der Waals surface area contributed by atoms with E-state index in [2.05, 4.69) is 5.43 Å². The number of carbonyl (C=O) groups excluding carboxylic acids is 1. The van der Waals surface area contributed by atoms with Crippen LogP contribution in [0.1, 0.15) is 24.8 Å². The van der Waals surface area contributed by atoms with Crippen LogP contribution in [0.3, 0.4) is 0 Å². The number of hydrazine groups is 1. The van der Waals surface area contributed by atoms with Crippen molar-refractivity contribution in [3.63, 3.8) is 0 Å². The van der Waals surface area contributed by atoms with Crippen LogP contribution in [0.5, 0.6) is 0 Å². The Labute approximate surface area is 120 Å². The van der Waals surface area contributed by atoms with Gasteiger partial charge in [0.15, 0.2) is 0 Å². The van der Waals surface area contributed by atoms with Crippen LogP contribution in [0, 0.1) is 5.92 Å². The Morgan fingerprint density at radius 2 is 2.00 bits per heavy atom. The van der Waals surface area contributed by atoms with E-state index in [1.165, 1.54) is 0 Å². The number of nitrogens with zero attached hydrogens (tertiary/aromatic N) is 1. The van der Waals surface area contributed by atoms with Crippen LogP contribution in [0.25, 0.3) is 0 Å². The van der Waals surface area contributed by atoms with Crippen LogP contribution >= 0.6 is 0 Å². The predicted molar refractivity (Wildman–Crippen MR) is 77.7 cm³/mol. The number of hydrogen-bond acceptors (Lipinski definition) is 4. The first-order valence-electron chi connectivity index (χ1n) is 7.20. The zero-order valence-electron chi connectivity index (χ0n) is 11.8. The van der Waals surface area contributed by atoms with E-state index in [4.69, 9.17) is 10.5 Å². The summed E-state index contributed by atoms with van der Waals surface area (Å²) in [5.74, 6) is 0.693. The molecule has 2 rings (SSSR count). The van der Waals surface area contributed by atoms with Crippen molar-refractivity contribution in [1.82, 2.24) is 10.4 Å². The molecule has 1 aliphatic heterocycles. The maximum atomic E-state index is 11.7. The second-order valence-electron chi connectivity index (χ2n) is 5.18. The van der Waals surface area contributed by atoms with Gasteiger partial charge in [0.2, 0.25) is 0 Å². The summed E-state index contributed by atoms with van der Waals surface area (Å²) in [6.07, 6.45) is 2.85. The van der Waals surface area contributed by atoms with Gasteiger partial charge in [-0.15, -0.1) is 0 Å². The van der Waals surface area contributed by atoms with Crippen LogP contribution < -0.4 is 11.2 Å². The molecule has 1 aliphatic rings. The number of amides is 1. The van der Waals surface area contributed by atoms with Crippen LogP contribution in [-0.2, 0) is 11.3 Å². The van der Waals surface area contributed by atoms with E-state index in [1.54, 1.807) is 0 Å². The first-order chi connectivity index (χ1) is 9.78. The Kier molecular flexibility index (Phi) is 5.83. The number of rotatable bonds is 5. The first-order valence-corrected chi connectivity index (χ1v) is 7.20. The zero-order valence-corrected chi connectivity index (χ0v) is 11.8. The van der Waals surface area contributed by atoms with E-state index in [1.807, 2.05) is 35.3 Å². The molecule has 0 atom stereocenters. The minimum absolute atomic E-state index is 0.302. The van der Waals surface area contributed by atoms with Crippen molar-refractivity contribution in [2.45, 2.75) is 25.9 Å². The van der Waals surface area contributed by atoms with E-state index >= 15 is 0 Å². The minimum Gasteiger partial charge on any atom is -0.444 e. The van der Waals surface area contributed by atoms with Gasteiger partial charge < -0.3 is 10.5 Å². The van der Waals surface area contributed by atoms with E-state index in [-0.39, 0.29) is 6.09 Å². The lowest BCUT2D eigenvalue weighted by atomic mass is 9.94. The van der Waals surface area contributed by atoms with Crippen LogP contribution in [0.2, 0.25) is 0 Å². The standard InChI is InChI=1S/C15H23N3O2/c16-9-6-13-7-10-18(11-8-13)17-15(19)20-12-14-4-2-1-3-5-14/h1-5,13H,6-12,16H2,(H,17,19). The maximum Gasteiger partial charge on any atom is 0.422 e. The lowest BCUT2D eigenvalue weighted by Crippen LogP contribution is -2.46. The Morgan fingerprint density at radius 3 is 2.65 bits per heavy atom. The highest BCUT2D eigenvalue weighted by Crippen LogP contribution is 2.18. The molecule has 0 aromatic heterocycles. The van der Waals surface area contributed by atoms with Crippen LogP contribution in [0.15, 0.2) is 30.3 Å². The molecular formula is C15H23N3O2. The number of nitrogens with two attached hydrogens (primary N) is 1. The molecule has 0 radical (unpaired) electrons. The topological polar surface area (TPSA) is 67.6 Å². The number of carbonyl (C=O) groups is 1. The molecule has 1 heterocycles. The minimum atomic E-state index is -0.383. The molecule has 20 heavy (non-hydrogen) atoms. The molecule has 110 valence electrons. The van der Waals surface area contributed by atoms with Crippen molar-refractivity contribution in [3.05, 3.63) is 35.9 Å². The molecule has 0 aliphatic carbocycles. The van der Waals surface area contributed by atoms with Gasteiger partial charge in [-0.1, -0.05) is 30.3 Å². The molecule has 0 unspecified atom stereocenters. The first kappa shape index (κ1) is 14.8. The van der Waals surface area contributed by atoms with E-state index in [9.17, 15) is 4.79 Å². The highest BCUT2D eigenvalue weighted by molar-refractivity contribution is 5.66. The van der Waals surface area contributed by atoms with Crippen molar-refractivity contribution in [3.8, 4) is 0 Å². The SMILES string of the molecule is NCCC1CCN(NC(=O)OCc2ccccc2)CC1. The van der Waals surface area contributed by atoms with Crippen molar-refractivity contribution < 1.29 is 9.53 Å². The van der Waals surface area contributed by atoms with Gasteiger partial charge in [-0.3, -0.25) is 5.43 Å². The Balaban J connectivity index is 1.65. The van der Waals surface area contributed by atoms with Crippen molar-refractivity contribution >= 4 is 6.09 Å². The summed E-state index contributed by atoms with van der Waals surface area (Å²) in [6.45, 7) is 2.78. The van der Waals surface area contributed by atoms with E-state index in [0.29, 0.717) is 12.5 Å². The summed E-state index contributed by atoms with van der Waals surface area (Å²) in [6, 6.07) is 9.67. The normalized spacial score (nSPS) is 16.9. The molecule has 5 heteroatoms. The quantitative estimate of drug-likeness (QED) is 0.862. The van der Waals surface area contributed by atoms with Crippen molar-refractivity contribution in [2.75, 3.05) is 19.6 Å². The molecule has 0 saturated carbocycles. The molecule has 1 saturated heterocycles. The summed E-state index contributed by atoms with van der Waals surface area (Å²) in [5.41, 5.74) is 9.35. The third-order valence-corrected chi connectivity index (χ3v) is 3.65. The predicted octanol–water partition coefficient (Wildman–Crippen LogP) is 1.89. The van der Waals surface area contributed by atoms with Gasteiger partial charge in [0.25, 0.3) is 0 Å². The molecular weight excluding hydrogens is 254 g/mol. The van der Waals surface area contributed by atoms with Crippen molar-refractivity contribution in [1.29, 1.82) is 0 Å². The lowest BCUT2D eigenvalue weighted by molar-refractivity contribution is 0.0801. The fourth-order valence-corrected chi connectivity index (χ4v) is 2.45. The largest absolute Gasteiger partial charge is 0.444 e. The number of piperidine rings is 1. The number of ether oxygens (including phenoxy) is 1. The third-order valence-electron chi connectivity index (χ3n) is 3.65. The molecule has 1 aromatic carbocycles. The second-order valence-corrected chi connectivity index (χ2v) is 5.18. The molecule has 1 amide bonds. The number of nitrogens with one attached hydrogen (secondary N) is 1. The number of benzene rings is 1. The average Bonchev–Trinajstić information content (AvgIpc) is 2.49. The van der Waals surface area contributed by atoms with E-state index < -0.39 is 0 Å². The zero-order chi connectivity index (χ0) is 14.2. The summed E-state index contributed by atoms with van der Waals surface area (Å²) in [4.78, 5) is 11.7.